The summed E-state index contributed by atoms with van der Waals surface area (Å²) in [4.78, 5) is 36.6. The number of carbonyl (C=O) groups excluding carboxylic acids is 3. The minimum absolute atomic E-state index is 0.282. The number of esters is 2. The van der Waals surface area contributed by atoms with Crippen LogP contribution in [0.25, 0.3) is 0 Å². The second-order valence-electron chi connectivity index (χ2n) is 6.21. The molecule has 0 spiro atoms. The third-order valence-corrected chi connectivity index (χ3v) is 4.32. The Morgan fingerprint density at radius 2 is 1.83 bits per heavy atom. The van der Waals surface area contributed by atoms with Crippen LogP contribution in [-0.4, -0.2) is 30.4 Å². The Bertz CT molecular complexity index is 635. The molecule has 3 atom stereocenters. The van der Waals surface area contributed by atoms with E-state index in [0.29, 0.717) is 5.56 Å². The predicted octanol–water partition coefficient (Wildman–Crippen LogP) is 2.39. The number of cyclic esters (lactones) is 1. The average molecular weight is 322 g/mol. The number of ether oxygens (including phenoxy) is 2. The first kappa shape index (κ1) is 17.1. The monoisotopic (exact) mass is 322 g/mol. The van der Waals surface area contributed by atoms with Crippen LogP contribution in [-0.2, 0) is 19.1 Å². The van der Waals surface area contributed by atoms with Gasteiger partial charge in [-0.05, 0) is 38.1 Å². The molecular formula is C17H19FO5. The van der Waals surface area contributed by atoms with Crippen LogP contribution in [0.2, 0.25) is 0 Å². The van der Waals surface area contributed by atoms with Crippen LogP contribution < -0.4 is 0 Å². The molecule has 2 rings (SSSR count). The van der Waals surface area contributed by atoms with Crippen LogP contribution in [0.15, 0.2) is 24.3 Å². The van der Waals surface area contributed by atoms with Gasteiger partial charge in [-0.15, -0.1) is 0 Å². The van der Waals surface area contributed by atoms with Gasteiger partial charge in [-0.25, -0.2) is 4.39 Å². The topological polar surface area (TPSA) is 69.7 Å². The maximum Gasteiger partial charge on any atom is 0.321 e. The van der Waals surface area contributed by atoms with Gasteiger partial charge in [0.05, 0.1) is 7.11 Å². The molecule has 1 heterocycles. The summed E-state index contributed by atoms with van der Waals surface area (Å²) in [7, 11) is 1.18. The quantitative estimate of drug-likeness (QED) is 0.483. The Kier molecular flexibility index (Phi) is 4.54. The van der Waals surface area contributed by atoms with E-state index in [1.54, 1.807) is 20.8 Å². The summed E-state index contributed by atoms with van der Waals surface area (Å²) in [5.41, 5.74) is -0.664. The van der Waals surface area contributed by atoms with Crippen molar-refractivity contribution < 1.29 is 28.2 Å². The van der Waals surface area contributed by atoms with E-state index in [0.717, 1.165) is 0 Å². The number of hydrogen-bond acceptors (Lipinski definition) is 5. The molecule has 0 radical (unpaired) electrons. The molecule has 0 aliphatic carbocycles. The highest BCUT2D eigenvalue weighted by Crippen LogP contribution is 2.43. The van der Waals surface area contributed by atoms with Gasteiger partial charge in [0.1, 0.15) is 11.4 Å². The van der Waals surface area contributed by atoms with Gasteiger partial charge in [0.25, 0.3) is 0 Å². The molecule has 1 saturated heterocycles. The summed E-state index contributed by atoms with van der Waals surface area (Å²) >= 11 is 0. The summed E-state index contributed by atoms with van der Waals surface area (Å²) in [5, 5.41) is 0. The molecule has 6 heteroatoms. The molecule has 0 N–H and O–H groups in total. The van der Waals surface area contributed by atoms with E-state index >= 15 is 0 Å². The molecule has 1 aromatic carbocycles. The second kappa shape index (κ2) is 6.10. The normalized spacial score (nSPS) is 24.0. The summed E-state index contributed by atoms with van der Waals surface area (Å²) < 4.78 is 23.0. The van der Waals surface area contributed by atoms with Crippen molar-refractivity contribution >= 4 is 17.7 Å². The zero-order chi connectivity index (χ0) is 17.4. The third kappa shape index (κ3) is 3.11. The summed E-state index contributed by atoms with van der Waals surface area (Å²) in [6, 6.07) is 5.15. The Labute approximate surface area is 133 Å². The van der Waals surface area contributed by atoms with E-state index in [2.05, 4.69) is 4.74 Å². The lowest BCUT2D eigenvalue weighted by Crippen LogP contribution is -2.41. The number of halogens is 1. The van der Waals surface area contributed by atoms with E-state index in [9.17, 15) is 18.8 Å². The number of Topliss-reactive ketones (excluding diaryl/α,β-unsaturated/α-hetero) is 1. The Morgan fingerprint density at radius 3 is 2.35 bits per heavy atom. The lowest BCUT2D eigenvalue weighted by atomic mass is 9.72. The average Bonchev–Trinajstić information content (AvgIpc) is 2.74. The van der Waals surface area contributed by atoms with Crippen molar-refractivity contribution in [2.45, 2.75) is 26.4 Å². The van der Waals surface area contributed by atoms with Gasteiger partial charge >= 0.3 is 11.9 Å². The highest BCUT2D eigenvalue weighted by Gasteiger charge is 2.57. The Hall–Kier alpha value is -2.24. The van der Waals surface area contributed by atoms with Crippen LogP contribution >= 0.6 is 0 Å². The van der Waals surface area contributed by atoms with Crippen molar-refractivity contribution in [3.05, 3.63) is 35.6 Å². The largest absolute Gasteiger partial charge is 0.468 e. The van der Waals surface area contributed by atoms with Crippen molar-refractivity contribution in [2.24, 2.45) is 17.8 Å². The lowest BCUT2D eigenvalue weighted by Gasteiger charge is -2.30. The van der Waals surface area contributed by atoms with Crippen LogP contribution in [0, 0.1) is 23.6 Å². The van der Waals surface area contributed by atoms with Crippen molar-refractivity contribution in [1.82, 2.24) is 0 Å². The summed E-state index contributed by atoms with van der Waals surface area (Å²) in [5.74, 6) is -4.62. The number of methoxy groups -OCH3 is 1. The first-order chi connectivity index (χ1) is 10.7. The fraction of sp³-hybridized carbons (Fsp3) is 0.471. The van der Waals surface area contributed by atoms with Gasteiger partial charge < -0.3 is 9.47 Å². The zero-order valence-corrected chi connectivity index (χ0v) is 13.5. The van der Waals surface area contributed by atoms with E-state index < -0.39 is 41.1 Å². The molecule has 1 aromatic rings. The number of ketones is 1. The van der Waals surface area contributed by atoms with Gasteiger partial charge in [-0.1, -0.05) is 6.92 Å². The molecule has 0 saturated carbocycles. The Morgan fingerprint density at radius 1 is 1.26 bits per heavy atom. The third-order valence-electron chi connectivity index (χ3n) is 4.32. The van der Waals surface area contributed by atoms with Crippen molar-refractivity contribution in [2.75, 3.05) is 7.11 Å². The Balaban J connectivity index is 2.35. The molecule has 1 fully saturated rings. The fourth-order valence-corrected chi connectivity index (χ4v) is 3.24. The van der Waals surface area contributed by atoms with Gasteiger partial charge in [-0.2, -0.15) is 0 Å². The van der Waals surface area contributed by atoms with E-state index in [1.807, 2.05) is 0 Å². The molecule has 5 nitrogen and oxygen atoms in total. The number of hydrogen-bond donors (Lipinski definition) is 0. The van der Waals surface area contributed by atoms with E-state index in [4.69, 9.17) is 4.74 Å². The molecule has 23 heavy (non-hydrogen) atoms. The van der Waals surface area contributed by atoms with Crippen LogP contribution in [0.1, 0.15) is 31.1 Å². The van der Waals surface area contributed by atoms with Crippen molar-refractivity contribution in [1.29, 1.82) is 0 Å². The predicted molar refractivity (Wildman–Crippen MR) is 79.1 cm³/mol. The lowest BCUT2D eigenvalue weighted by molar-refractivity contribution is -0.156. The molecule has 0 bridgehead atoms. The number of rotatable bonds is 4. The second-order valence-corrected chi connectivity index (χ2v) is 6.21. The molecule has 1 aliphatic heterocycles. The zero-order valence-electron chi connectivity index (χ0n) is 13.5. The smallest absolute Gasteiger partial charge is 0.321 e. The molecule has 0 aromatic heterocycles. The molecule has 0 amide bonds. The fourth-order valence-electron chi connectivity index (χ4n) is 3.24. The molecule has 124 valence electrons. The minimum Gasteiger partial charge on any atom is -0.468 e. The van der Waals surface area contributed by atoms with Crippen LogP contribution in [0.5, 0.6) is 0 Å². The minimum atomic E-state index is -1.14. The highest BCUT2D eigenvalue weighted by atomic mass is 19.1. The van der Waals surface area contributed by atoms with Gasteiger partial charge in [0.2, 0.25) is 0 Å². The highest BCUT2D eigenvalue weighted by molar-refractivity contribution is 6.01. The summed E-state index contributed by atoms with van der Waals surface area (Å²) in [6.07, 6.45) is 0. The first-order valence-electron chi connectivity index (χ1n) is 7.29. The first-order valence-corrected chi connectivity index (χ1v) is 7.29. The SMILES string of the molecule is COC(=O)[C@H]1C(=O)OC(C)(C)[C@H]1[C@H](C)C(=O)c1ccc(F)cc1. The van der Waals surface area contributed by atoms with E-state index in [-0.39, 0.29) is 5.78 Å². The molecule has 0 unspecified atom stereocenters. The van der Waals surface area contributed by atoms with E-state index in [1.165, 1.54) is 31.4 Å². The number of benzene rings is 1. The standard InChI is InChI=1S/C17H19FO5/c1-9(14(19)10-5-7-11(18)8-6-10)13-12(15(20)22-4)16(21)23-17(13,2)3/h5-9,12-13H,1-4H3/t9-,12-,13-/m0/s1. The maximum atomic E-state index is 13.0. The van der Waals surface area contributed by atoms with Crippen molar-refractivity contribution in [3.63, 3.8) is 0 Å². The van der Waals surface area contributed by atoms with Crippen LogP contribution in [0.3, 0.4) is 0 Å². The summed E-state index contributed by atoms with van der Waals surface area (Å²) in [6.45, 7) is 4.95. The van der Waals surface area contributed by atoms with Gasteiger partial charge in [-0.3, -0.25) is 14.4 Å². The molecular weight excluding hydrogens is 303 g/mol. The van der Waals surface area contributed by atoms with Gasteiger partial charge in [0, 0.05) is 17.4 Å². The van der Waals surface area contributed by atoms with Gasteiger partial charge in [0.15, 0.2) is 11.7 Å². The van der Waals surface area contributed by atoms with Crippen molar-refractivity contribution in [3.8, 4) is 0 Å². The maximum absolute atomic E-state index is 13.0. The molecule has 1 aliphatic rings. The van der Waals surface area contributed by atoms with Crippen LogP contribution in [0.4, 0.5) is 4.39 Å². The number of carbonyl (C=O) groups is 3.